The Kier molecular flexibility index (Phi) is 3.63. The largest absolute Gasteiger partial charge is 0.464 e. The number of benzene rings is 1. The van der Waals surface area contributed by atoms with Gasteiger partial charge in [0.05, 0.1) is 18.3 Å². The fraction of sp³-hybridized carbons (Fsp3) is 0.286. The molecular formula is C14H16N6O. The average Bonchev–Trinajstić information content (AvgIpc) is 2.92. The Morgan fingerprint density at radius 2 is 2.00 bits per heavy atom. The summed E-state index contributed by atoms with van der Waals surface area (Å²) in [7, 11) is 0. The Bertz CT molecular complexity index is 730. The van der Waals surface area contributed by atoms with Crippen molar-refractivity contribution in [3.63, 3.8) is 0 Å². The van der Waals surface area contributed by atoms with Gasteiger partial charge in [-0.25, -0.2) is 0 Å². The van der Waals surface area contributed by atoms with Crippen molar-refractivity contribution >= 4 is 16.9 Å². The van der Waals surface area contributed by atoms with Crippen LogP contribution in [0.4, 0.5) is 5.95 Å². The van der Waals surface area contributed by atoms with Crippen LogP contribution in [0, 0.1) is 0 Å². The normalized spacial score (nSPS) is 10.8. The van der Waals surface area contributed by atoms with Gasteiger partial charge in [0.25, 0.3) is 5.95 Å². The van der Waals surface area contributed by atoms with Gasteiger partial charge >= 0.3 is 6.01 Å². The summed E-state index contributed by atoms with van der Waals surface area (Å²) in [6, 6.07) is 8.18. The van der Waals surface area contributed by atoms with E-state index < -0.39 is 0 Å². The Morgan fingerprint density at radius 3 is 2.81 bits per heavy atom. The number of hydrogen-bond donors (Lipinski definition) is 1. The molecule has 2 aromatic heterocycles. The predicted octanol–water partition coefficient (Wildman–Crippen LogP) is 2.04. The van der Waals surface area contributed by atoms with E-state index in [9.17, 15) is 0 Å². The number of fused-ring (bicyclic) bond motifs is 1. The first-order chi connectivity index (χ1) is 10.3. The number of nitrogens with zero attached hydrogens (tertiary/aromatic N) is 5. The number of anilines is 1. The van der Waals surface area contributed by atoms with E-state index in [-0.39, 0.29) is 6.01 Å². The maximum atomic E-state index is 5.40. The Morgan fingerprint density at radius 1 is 1.14 bits per heavy atom. The number of ether oxygens (including phenoxy) is 1. The first-order valence-electron chi connectivity index (χ1n) is 6.87. The van der Waals surface area contributed by atoms with E-state index in [4.69, 9.17) is 4.74 Å². The summed E-state index contributed by atoms with van der Waals surface area (Å²) in [6.07, 6.45) is 1.78. The van der Waals surface area contributed by atoms with Crippen molar-refractivity contribution in [1.29, 1.82) is 0 Å². The van der Waals surface area contributed by atoms with Gasteiger partial charge in [-0.1, -0.05) is 18.2 Å². The molecule has 1 aromatic carbocycles. The first kappa shape index (κ1) is 13.3. The van der Waals surface area contributed by atoms with Gasteiger partial charge in [0.2, 0.25) is 5.95 Å². The van der Waals surface area contributed by atoms with Crippen molar-refractivity contribution < 1.29 is 4.74 Å². The van der Waals surface area contributed by atoms with Crippen molar-refractivity contribution in [2.75, 3.05) is 18.5 Å². The lowest BCUT2D eigenvalue weighted by molar-refractivity contribution is 0.311. The standard InChI is InChI=1S/C14H16N6O/c1-3-15-12-17-13(19-14(18-12)21-4-2)20-11-8-6-5-7-10(11)9-16-20/h5-9H,3-4H2,1-2H3,(H,15,17,18,19). The maximum Gasteiger partial charge on any atom is 0.323 e. The number of aromatic nitrogens is 5. The molecule has 1 N–H and O–H groups in total. The highest BCUT2D eigenvalue weighted by Crippen LogP contribution is 2.17. The molecule has 7 nitrogen and oxygen atoms in total. The molecule has 0 saturated heterocycles. The third-order valence-corrected chi connectivity index (χ3v) is 2.88. The van der Waals surface area contributed by atoms with Gasteiger partial charge < -0.3 is 10.1 Å². The van der Waals surface area contributed by atoms with Gasteiger partial charge in [0.1, 0.15) is 0 Å². The average molecular weight is 284 g/mol. The van der Waals surface area contributed by atoms with Crippen LogP contribution < -0.4 is 10.1 Å². The lowest BCUT2D eigenvalue weighted by Gasteiger charge is -2.08. The van der Waals surface area contributed by atoms with E-state index in [1.165, 1.54) is 0 Å². The second-order valence-electron chi connectivity index (χ2n) is 4.32. The topological polar surface area (TPSA) is 77.8 Å². The van der Waals surface area contributed by atoms with Crippen molar-refractivity contribution in [2.45, 2.75) is 13.8 Å². The molecule has 0 amide bonds. The highest BCUT2D eigenvalue weighted by Gasteiger charge is 2.11. The summed E-state index contributed by atoms with van der Waals surface area (Å²) in [4.78, 5) is 12.9. The third kappa shape index (κ3) is 2.62. The molecule has 0 spiro atoms. The molecule has 0 unspecified atom stereocenters. The molecule has 0 aliphatic carbocycles. The first-order valence-corrected chi connectivity index (χ1v) is 6.87. The van der Waals surface area contributed by atoms with Crippen molar-refractivity contribution in [3.05, 3.63) is 30.5 Å². The minimum atomic E-state index is 0.290. The van der Waals surface area contributed by atoms with Crippen LogP contribution in [0.1, 0.15) is 13.8 Å². The fourth-order valence-corrected chi connectivity index (χ4v) is 2.00. The van der Waals surface area contributed by atoms with Crippen LogP contribution in [0.25, 0.3) is 16.9 Å². The molecule has 0 atom stereocenters. The fourth-order valence-electron chi connectivity index (χ4n) is 2.00. The molecule has 3 aromatic rings. The van der Waals surface area contributed by atoms with E-state index in [0.717, 1.165) is 17.4 Å². The summed E-state index contributed by atoms with van der Waals surface area (Å²) in [5, 5.41) is 8.45. The zero-order valence-corrected chi connectivity index (χ0v) is 11.9. The second-order valence-corrected chi connectivity index (χ2v) is 4.32. The molecule has 0 aliphatic rings. The summed E-state index contributed by atoms with van der Waals surface area (Å²) < 4.78 is 7.08. The molecule has 0 aliphatic heterocycles. The van der Waals surface area contributed by atoms with Crippen LogP contribution in [0.5, 0.6) is 6.01 Å². The zero-order chi connectivity index (χ0) is 14.7. The van der Waals surface area contributed by atoms with Crippen molar-refractivity contribution in [2.24, 2.45) is 0 Å². The quantitative estimate of drug-likeness (QED) is 0.772. The van der Waals surface area contributed by atoms with Crippen LogP contribution in [-0.4, -0.2) is 37.9 Å². The second kappa shape index (κ2) is 5.74. The monoisotopic (exact) mass is 284 g/mol. The molecule has 2 heterocycles. The molecule has 0 saturated carbocycles. The molecule has 0 radical (unpaired) electrons. The van der Waals surface area contributed by atoms with Gasteiger partial charge in [-0.2, -0.15) is 24.7 Å². The summed E-state index contributed by atoms with van der Waals surface area (Å²) in [6.45, 7) is 5.08. The smallest absolute Gasteiger partial charge is 0.323 e. The Balaban J connectivity index is 2.11. The lowest BCUT2D eigenvalue weighted by Crippen LogP contribution is -2.11. The summed E-state index contributed by atoms with van der Waals surface area (Å²) in [5.41, 5.74) is 0.939. The highest BCUT2D eigenvalue weighted by molar-refractivity contribution is 5.79. The summed E-state index contributed by atoms with van der Waals surface area (Å²) >= 11 is 0. The number of para-hydroxylation sites is 1. The van der Waals surface area contributed by atoms with Crippen molar-refractivity contribution in [3.8, 4) is 12.0 Å². The molecule has 108 valence electrons. The SMILES string of the molecule is CCNc1nc(OCC)nc(-n2ncc3ccccc32)n1. The van der Waals surface area contributed by atoms with Crippen molar-refractivity contribution in [1.82, 2.24) is 24.7 Å². The van der Waals surface area contributed by atoms with Gasteiger partial charge in [-0.15, -0.1) is 0 Å². The van der Waals surface area contributed by atoms with E-state index in [2.05, 4.69) is 25.4 Å². The molecule has 3 rings (SSSR count). The Labute approximate surface area is 122 Å². The number of nitrogens with one attached hydrogen (secondary N) is 1. The van der Waals surface area contributed by atoms with E-state index in [0.29, 0.717) is 18.5 Å². The van der Waals surface area contributed by atoms with E-state index >= 15 is 0 Å². The van der Waals surface area contributed by atoms with Crippen LogP contribution in [0.3, 0.4) is 0 Å². The number of rotatable bonds is 5. The van der Waals surface area contributed by atoms with Gasteiger partial charge in [-0.3, -0.25) is 0 Å². The zero-order valence-electron chi connectivity index (χ0n) is 11.9. The van der Waals surface area contributed by atoms with Crippen LogP contribution in [0.15, 0.2) is 30.5 Å². The molecule has 7 heteroatoms. The molecule has 0 bridgehead atoms. The van der Waals surface area contributed by atoms with E-state index in [1.807, 2.05) is 38.1 Å². The molecule has 21 heavy (non-hydrogen) atoms. The predicted molar refractivity (Wildman–Crippen MR) is 79.8 cm³/mol. The van der Waals surface area contributed by atoms with Gasteiger partial charge in [0.15, 0.2) is 0 Å². The lowest BCUT2D eigenvalue weighted by atomic mass is 10.3. The minimum Gasteiger partial charge on any atom is -0.464 e. The molecular weight excluding hydrogens is 268 g/mol. The summed E-state index contributed by atoms with van der Waals surface area (Å²) in [5.74, 6) is 0.913. The minimum absolute atomic E-state index is 0.290. The van der Waals surface area contributed by atoms with Crippen LogP contribution in [0.2, 0.25) is 0 Å². The maximum absolute atomic E-state index is 5.40. The molecule has 0 fully saturated rings. The highest BCUT2D eigenvalue weighted by atomic mass is 16.5. The van der Waals surface area contributed by atoms with E-state index in [1.54, 1.807) is 10.9 Å². The van der Waals surface area contributed by atoms with Crippen LogP contribution in [-0.2, 0) is 0 Å². The third-order valence-electron chi connectivity index (χ3n) is 2.88. The van der Waals surface area contributed by atoms with Crippen LogP contribution >= 0.6 is 0 Å². The Hall–Kier alpha value is -2.70. The number of hydrogen-bond acceptors (Lipinski definition) is 6. The van der Waals surface area contributed by atoms with Gasteiger partial charge in [-0.05, 0) is 19.9 Å². The van der Waals surface area contributed by atoms with Gasteiger partial charge in [0, 0.05) is 11.9 Å².